The molecule has 4 nitrogen and oxygen atoms in total. The molecule has 0 aromatic carbocycles. The topological polar surface area (TPSA) is 50.5 Å². The van der Waals surface area contributed by atoms with Crippen LogP contribution in [-0.2, 0) is 4.74 Å². The largest absolute Gasteiger partial charge is 0.501 e. The van der Waals surface area contributed by atoms with E-state index in [-0.39, 0.29) is 6.04 Å². The predicted octanol–water partition coefficient (Wildman–Crippen LogP) is 1.24. The van der Waals surface area contributed by atoms with Crippen LogP contribution in [0.15, 0.2) is 11.8 Å². The van der Waals surface area contributed by atoms with Gasteiger partial charge in [0.2, 0.25) is 0 Å². The van der Waals surface area contributed by atoms with E-state index in [0.717, 1.165) is 45.5 Å². The summed E-state index contributed by atoms with van der Waals surface area (Å²) in [6.45, 7) is 8.51. The Bertz CT molecular complexity index is 214. The first-order chi connectivity index (χ1) is 7.81. The maximum absolute atomic E-state index is 5.61. The molecule has 1 atom stereocenters. The van der Waals surface area contributed by atoms with Crippen LogP contribution in [0.3, 0.4) is 0 Å². The molecule has 0 aromatic rings. The number of ether oxygens (including phenoxy) is 1. The second-order valence-corrected chi connectivity index (χ2v) is 4.20. The van der Waals surface area contributed by atoms with Crippen molar-refractivity contribution < 1.29 is 4.74 Å². The molecule has 1 aliphatic rings. The van der Waals surface area contributed by atoms with Crippen molar-refractivity contribution in [2.24, 2.45) is 5.84 Å². The molecule has 0 aromatic heterocycles. The molecule has 0 bridgehead atoms. The van der Waals surface area contributed by atoms with Crippen molar-refractivity contribution >= 4 is 0 Å². The van der Waals surface area contributed by atoms with E-state index in [0.29, 0.717) is 0 Å². The van der Waals surface area contributed by atoms with Crippen LogP contribution in [0, 0.1) is 0 Å². The van der Waals surface area contributed by atoms with Crippen LogP contribution in [0.2, 0.25) is 0 Å². The zero-order chi connectivity index (χ0) is 11.8. The van der Waals surface area contributed by atoms with Gasteiger partial charge < -0.3 is 9.64 Å². The molecule has 94 valence electrons. The molecule has 0 spiro atoms. The second-order valence-electron chi connectivity index (χ2n) is 4.20. The molecule has 0 amide bonds. The van der Waals surface area contributed by atoms with Gasteiger partial charge in [0.15, 0.2) is 0 Å². The Kier molecular flexibility index (Phi) is 6.45. The zero-order valence-corrected chi connectivity index (χ0v) is 10.5. The van der Waals surface area contributed by atoms with E-state index < -0.39 is 0 Å². The molecule has 1 unspecified atom stereocenters. The Labute approximate surface area is 98.8 Å². The summed E-state index contributed by atoms with van der Waals surface area (Å²) >= 11 is 0. The van der Waals surface area contributed by atoms with Crippen molar-refractivity contribution in [3.63, 3.8) is 0 Å². The summed E-state index contributed by atoms with van der Waals surface area (Å²) in [4.78, 5) is 2.41. The molecule has 4 heteroatoms. The van der Waals surface area contributed by atoms with E-state index in [1.165, 1.54) is 5.57 Å². The van der Waals surface area contributed by atoms with Crippen molar-refractivity contribution in [2.75, 3.05) is 26.2 Å². The fourth-order valence-electron chi connectivity index (χ4n) is 2.07. The second kappa shape index (κ2) is 7.65. The minimum absolute atomic E-state index is 0.265. The number of hydrogen-bond donors (Lipinski definition) is 2. The van der Waals surface area contributed by atoms with Gasteiger partial charge in [0.1, 0.15) is 0 Å². The summed E-state index contributed by atoms with van der Waals surface area (Å²) in [7, 11) is 0. The van der Waals surface area contributed by atoms with Gasteiger partial charge in [0.05, 0.1) is 12.9 Å². The molecule has 0 saturated heterocycles. The van der Waals surface area contributed by atoms with E-state index >= 15 is 0 Å². The van der Waals surface area contributed by atoms with Gasteiger partial charge >= 0.3 is 0 Å². The minimum Gasteiger partial charge on any atom is -0.501 e. The number of nitrogens with zero attached hydrogens (tertiary/aromatic N) is 1. The van der Waals surface area contributed by atoms with Crippen LogP contribution in [-0.4, -0.2) is 37.2 Å². The highest BCUT2D eigenvalue weighted by Crippen LogP contribution is 2.17. The number of nitrogens with two attached hydrogens (primary N) is 1. The van der Waals surface area contributed by atoms with Crippen molar-refractivity contribution in [2.45, 2.75) is 39.2 Å². The Morgan fingerprint density at radius 2 is 2.25 bits per heavy atom. The van der Waals surface area contributed by atoms with E-state index in [4.69, 9.17) is 10.6 Å². The predicted molar refractivity (Wildman–Crippen MR) is 66.8 cm³/mol. The summed E-state index contributed by atoms with van der Waals surface area (Å²) in [5.74, 6) is 5.61. The fourth-order valence-corrected chi connectivity index (χ4v) is 2.07. The summed E-state index contributed by atoms with van der Waals surface area (Å²) in [6, 6.07) is 0.265. The molecule has 3 N–H and O–H groups in total. The molecule has 1 rings (SSSR count). The first-order valence-corrected chi connectivity index (χ1v) is 6.30. The Balaban J connectivity index is 2.38. The SMILES string of the molecule is CCN(CC)CCC(NN)C1=COCCC1. The molecule has 0 fully saturated rings. The Hall–Kier alpha value is -0.580. The molecule has 0 radical (unpaired) electrons. The number of hydrazine groups is 1. The van der Waals surface area contributed by atoms with Gasteiger partial charge in [-0.2, -0.15) is 0 Å². The molecule has 16 heavy (non-hydrogen) atoms. The first kappa shape index (κ1) is 13.5. The number of rotatable bonds is 7. The quantitative estimate of drug-likeness (QED) is 0.507. The van der Waals surface area contributed by atoms with Crippen molar-refractivity contribution in [1.82, 2.24) is 10.3 Å². The average molecular weight is 227 g/mol. The highest BCUT2D eigenvalue weighted by molar-refractivity contribution is 5.09. The Morgan fingerprint density at radius 3 is 2.75 bits per heavy atom. The molecular formula is C12H25N3O. The lowest BCUT2D eigenvalue weighted by Crippen LogP contribution is -2.40. The monoisotopic (exact) mass is 227 g/mol. The first-order valence-electron chi connectivity index (χ1n) is 6.30. The Morgan fingerprint density at radius 1 is 1.50 bits per heavy atom. The molecule has 1 heterocycles. The van der Waals surface area contributed by atoms with E-state index in [2.05, 4.69) is 24.2 Å². The van der Waals surface area contributed by atoms with Gasteiger partial charge in [-0.25, -0.2) is 0 Å². The van der Waals surface area contributed by atoms with Crippen molar-refractivity contribution in [3.8, 4) is 0 Å². The van der Waals surface area contributed by atoms with Crippen LogP contribution in [0.25, 0.3) is 0 Å². The maximum Gasteiger partial charge on any atom is 0.0876 e. The van der Waals surface area contributed by atoms with Crippen LogP contribution in [0.5, 0.6) is 0 Å². The summed E-state index contributed by atoms with van der Waals surface area (Å²) in [5, 5.41) is 0. The van der Waals surface area contributed by atoms with E-state index in [1.807, 2.05) is 6.26 Å². The number of nitrogens with one attached hydrogen (secondary N) is 1. The fraction of sp³-hybridized carbons (Fsp3) is 0.833. The van der Waals surface area contributed by atoms with E-state index in [9.17, 15) is 0 Å². The van der Waals surface area contributed by atoms with Crippen molar-refractivity contribution in [1.29, 1.82) is 0 Å². The minimum atomic E-state index is 0.265. The summed E-state index contributed by atoms with van der Waals surface area (Å²) in [5.41, 5.74) is 4.21. The van der Waals surface area contributed by atoms with Crippen molar-refractivity contribution in [3.05, 3.63) is 11.8 Å². The average Bonchev–Trinajstić information content (AvgIpc) is 2.36. The lowest BCUT2D eigenvalue weighted by Gasteiger charge is -2.25. The van der Waals surface area contributed by atoms with Gasteiger partial charge in [-0.1, -0.05) is 13.8 Å². The summed E-state index contributed by atoms with van der Waals surface area (Å²) in [6.07, 6.45) is 5.14. The van der Waals surface area contributed by atoms with E-state index in [1.54, 1.807) is 0 Å². The molecular weight excluding hydrogens is 202 g/mol. The van der Waals surface area contributed by atoms with Crippen LogP contribution in [0.4, 0.5) is 0 Å². The normalized spacial score (nSPS) is 18.1. The smallest absolute Gasteiger partial charge is 0.0876 e. The molecule has 0 aliphatic carbocycles. The van der Waals surface area contributed by atoms with Gasteiger partial charge in [-0.05, 0) is 44.5 Å². The third-order valence-electron chi connectivity index (χ3n) is 3.24. The lowest BCUT2D eigenvalue weighted by molar-refractivity contribution is 0.215. The van der Waals surface area contributed by atoms with Crippen LogP contribution < -0.4 is 11.3 Å². The zero-order valence-electron chi connectivity index (χ0n) is 10.5. The maximum atomic E-state index is 5.61. The standard InChI is InChI=1S/C12H25N3O/c1-3-15(4-2)8-7-12(14-13)11-6-5-9-16-10-11/h10,12,14H,3-9,13H2,1-2H3. The van der Waals surface area contributed by atoms with Gasteiger partial charge in [0, 0.05) is 6.04 Å². The van der Waals surface area contributed by atoms with Gasteiger partial charge in [-0.3, -0.25) is 11.3 Å². The molecule has 1 aliphatic heterocycles. The van der Waals surface area contributed by atoms with Crippen LogP contribution >= 0.6 is 0 Å². The van der Waals surface area contributed by atoms with Gasteiger partial charge in [0.25, 0.3) is 0 Å². The third-order valence-corrected chi connectivity index (χ3v) is 3.24. The highest BCUT2D eigenvalue weighted by atomic mass is 16.5. The summed E-state index contributed by atoms with van der Waals surface area (Å²) < 4.78 is 5.35. The highest BCUT2D eigenvalue weighted by Gasteiger charge is 2.16. The lowest BCUT2D eigenvalue weighted by atomic mass is 10.00. The van der Waals surface area contributed by atoms with Gasteiger partial charge in [-0.15, -0.1) is 0 Å². The number of hydrogen-bond acceptors (Lipinski definition) is 4. The molecule has 0 saturated carbocycles. The third kappa shape index (κ3) is 4.12. The van der Waals surface area contributed by atoms with Crippen LogP contribution in [0.1, 0.15) is 33.1 Å².